The number of carboxylic acid groups (broad SMARTS) is 1. The van der Waals surface area contributed by atoms with Crippen molar-refractivity contribution >= 4 is 23.2 Å². The molecule has 0 fully saturated rings. The first-order chi connectivity index (χ1) is 11.9. The molecule has 0 bridgehead atoms. The Kier molecular flexibility index (Phi) is 6.35. The molecule has 0 aliphatic heterocycles. The Hall–Kier alpha value is -2.61. The maximum Gasteiger partial charge on any atom is 0.341 e. The standard InChI is InChI=1S/C17H20N2O5S/c1-4-23-14-7-12(5-6-13(14)24-8-15(20)21)16(22)19-11(3)17-18-10(2)9-25-17/h5-7,9,11H,4,8H2,1-3H3,(H,19,22)(H,20,21). The smallest absolute Gasteiger partial charge is 0.341 e. The van der Waals surface area contributed by atoms with Crippen molar-refractivity contribution in [2.75, 3.05) is 13.2 Å². The number of hydrogen-bond acceptors (Lipinski definition) is 6. The van der Waals surface area contributed by atoms with E-state index in [1.54, 1.807) is 13.0 Å². The van der Waals surface area contributed by atoms with E-state index in [1.807, 2.05) is 19.2 Å². The number of aryl methyl sites for hydroxylation is 1. The molecule has 8 heteroatoms. The van der Waals surface area contributed by atoms with Crippen LogP contribution < -0.4 is 14.8 Å². The molecule has 134 valence electrons. The van der Waals surface area contributed by atoms with Crippen molar-refractivity contribution in [3.05, 3.63) is 39.8 Å². The number of hydrogen-bond donors (Lipinski definition) is 2. The number of thiazole rings is 1. The number of benzene rings is 1. The second-order valence-electron chi connectivity index (χ2n) is 5.30. The van der Waals surface area contributed by atoms with Crippen molar-refractivity contribution in [1.82, 2.24) is 10.3 Å². The Balaban J connectivity index is 2.13. The van der Waals surface area contributed by atoms with E-state index >= 15 is 0 Å². The van der Waals surface area contributed by atoms with E-state index in [4.69, 9.17) is 14.6 Å². The third kappa shape index (κ3) is 5.18. The molecule has 2 rings (SSSR count). The zero-order chi connectivity index (χ0) is 18.4. The van der Waals surface area contributed by atoms with Crippen molar-refractivity contribution in [3.8, 4) is 11.5 Å². The number of carbonyl (C=O) groups excluding carboxylic acids is 1. The van der Waals surface area contributed by atoms with Crippen molar-refractivity contribution in [3.63, 3.8) is 0 Å². The van der Waals surface area contributed by atoms with Gasteiger partial charge >= 0.3 is 5.97 Å². The number of rotatable bonds is 8. The second-order valence-corrected chi connectivity index (χ2v) is 6.19. The number of nitrogens with one attached hydrogen (secondary N) is 1. The van der Waals surface area contributed by atoms with Crippen molar-refractivity contribution < 1.29 is 24.2 Å². The van der Waals surface area contributed by atoms with Crippen LogP contribution in [0.1, 0.15) is 40.9 Å². The topological polar surface area (TPSA) is 97.8 Å². The van der Waals surface area contributed by atoms with E-state index in [0.717, 1.165) is 10.7 Å². The number of carboxylic acids is 1. The number of carbonyl (C=O) groups is 2. The molecule has 1 atom stereocenters. The van der Waals surface area contributed by atoms with E-state index in [0.29, 0.717) is 17.9 Å². The molecule has 0 radical (unpaired) electrons. The summed E-state index contributed by atoms with van der Waals surface area (Å²) in [5.74, 6) is -0.749. The summed E-state index contributed by atoms with van der Waals surface area (Å²) in [6.07, 6.45) is 0. The minimum Gasteiger partial charge on any atom is -0.490 e. The average molecular weight is 364 g/mol. The van der Waals surface area contributed by atoms with Gasteiger partial charge in [0.25, 0.3) is 5.91 Å². The molecule has 1 heterocycles. The molecular weight excluding hydrogens is 344 g/mol. The Morgan fingerprint density at radius 3 is 2.68 bits per heavy atom. The molecule has 1 amide bonds. The summed E-state index contributed by atoms with van der Waals surface area (Å²) in [5, 5.41) is 14.4. The third-order valence-corrected chi connectivity index (χ3v) is 4.36. The summed E-state index contributed by atoms with van der Waals surface area (Å²) in [4.78, 5) is 27.4. The molecule has 1 unspecified atom stereocenters. The Bertz CT molecular complexity index is 759. The van der Waals surface area contributed by atoms with Gasteiger partial charge in [0.05, 0.1) is 12.6 Å². The molecule has 1 aromatic carbocycles. The molecule has 1 aromatic heterocycles. The van der Waals surface area contributed by atoms with Gasteiger partial charge in [0.2, 0.25) is 0 Å². The van der Waals surface area contributed by atoms with Gasteiger partial charge in [-0.05, 0) is 39.0 Å². The third-order valence-electron chi connectivity index (χ3n) is 3.21. The van der Waals surface area contributed by atoms with Gasteiger partial charge in [-0.25, -0.2) is 9.78 Å². The fourth-order valence-electron chi connectivity index (χ4n) is 2.09. The van der Waals surface area contributed by atoms with Crippen LogP contribution >= 0.6 is 11.3 Å². The first kappa shape index (κ1) is 18.7. The van der Waals surface area contributed by atoms with Gasteiger partial charge in [-0.2, -0.15) is 0 Å². The predicted octanol–water partition coefficient (Wildman–Crippen LogP) is 2.80. The summed E-state index contributed by atoms with van der Waals surface area (Å²) in [7, 11) is 0. The molecule has 25 heavy (non-hydrogen) atoms. The van der Waals surface area contributed by atoms with Gasteiger partial charge in [0, 0.05) is 16.6 Å². The van der Waals surface area contributed by atoms with Gasteiger partial charge in [0.1, 0.15) is 5.01 Å². The summed E-state index contributed by atoms with van der Waals surface area (Å²) in [6.45, 7) is 5.44. The number of aromatic nitrogens is 1. The number of amides is 1. The van der Waals surface area contributed by atoms with Crippen LogP contribution in [0.25, 0.3) is 0 Å². The van der Waals surface area contributed by atoms with Crippen LogP contribution in [-0.2, 0) is 4.79 Å². The Morgan fingerprint density at radius 1 is 1.32 bits per heavy atom. The molecule has 0 saturated heterocycles. The quantitative estimate of drug-likeness (QED) is 0.747. The number of ether oxygens (including phenoxy) is 2. The molecule has 0 aliphatic carbocycles. The predicted molar refractivity (Wildman–Crippen MR) is 93.5 cm³/mol. The lowest BCUT2D eigenvalue weighted by molar-refractivity contribution is -0.139. The molecular formula is C17H20N2O5S. The van der Waals surface area contributed by atoms with Crippen molar-refractivity contribution in [1.29, 1.82) is 0 Å². The first-order valence-electron chi connectivity index (χ1n) is 7.75. The van der Waals surface area contributed by atoms with E-state index in [9.17, 15) is 9.59 Å². The van der Waals surface area contributed by atoms with Crippen LogP contribution in [0.2, 0.25) is 0 Å². The maximum absolute atomic E-state index is 12.4. The zero-order valence-corrected chi connectivity index (χ0v) is 15.1. The Labute approximate surface area is 149 Å². The van der Waals surface area contributed by atoms with Gasteiger partial charge < -0.3 is 19.9 Å². The van der Waals surface area contributed by atoms with E-state index in [-0.39, 0.29) is 17.7 Å². The largest absolute Gasteiger partial charge is 0.490 e. The number of aliphatic carboxylic acids is 1. The van der Waals surface area contributed by atoms with Gasteiger partial charge in [-0.3, -0.25) is 4.79 Å². The summed E-state index contributed by atoms with van der Waals surface area (Å²) in [6, 6.07) is 4.41. The van der Waals surface area contributed by atoms with Crippen LogP contribution in [0.3, 0.4) is 0 Å². The summed E-state index contributed by atoms with van der Waals surface area (Å²) in [5.41, 5.74) is 1.31. The Morgan fingerprint density at radius 2 is 2.08 bits per heavy atom. The zero-order valence-electron chi connectivity index (χ0n) is 14.2. The average Bonchev–Trinajstić information content (AvgIpc) is 3.00. The lowest BCUT2D eigenvalue weighted by atomic mass is 10.1. The molecule has 7 nitrogen and oxygen atoms in total. The lowest BCUT2D eigenvalue weighted by Crippen LogP contribution is -2.26. The van der Waals surface area contributed by atoms with Crippen LogP contribution in [0.4, 0.5) is 0 Å². The summed E-state index contributed by atoms with van der Waals surface area (Å²) >= 11 is 1.49. The second kappa shape index (κ2) is 8.48. The first-order valence-corrected chi connectivity index (χ1v) is 8.63. The van der Waals surface area contributed by atoms with Crippen LogP contribution in [0.15, 0.2) is 23.6 Å². The van der Waals surface area contributed by atoms with Crippen LogP contribution in [-0.4, -0.2) is 35.2 Å². The van der Waals surface area contributed by atoms with E-state index in [2.05, 4.69) is 10.3 Å². The van der Waals surface area contributed by atoms with Crippen LogP contribution in [0.5, 0.6) is 11.5 Å². The van der Waals surface area contributed by atoms with E-state index < -0.39 is 12.6 Å². The minimum atomic E-state index is -1.09. The highest BCUT2D eigenvalue weighted by molar-refractivity contribution is 7.09. The molecule has 2 N–H and O–H groups in total. The minimum absolute atomic E-state index is 0.218. The fourth-order valence-corrected chi connectivity index (χ4v) is 2.89. The lowest BCUT2D eigenvalue weighted by Gasteiger charge is -2.14. The molecule has 0 saturated carbocycles. The molecule has 0 aliphatic rings. The highest BCUT2D eigenvalue weighted by atomic mass is 32.1. The normalized spacial score (nSPS) is 11.6. The van der Waals surface area contributed by atoms with Crippen LogP contribution in [0, 0.1) is 6.92 Å². The monoisotopic (exact) mass is 364 g/mol. The number of nitrogens with zero attached hydrogens (tertiary/aromatic N) is 1. The SMILES string of the molecule is CCOc1cc(C(=O)NC(C)c2nc(C)cs2)ccc1OCC(=O)O. The van der Waals surface area contributed by atoms with Crippen molar-refractivity contribution in [2.24, 2.45) is 0 Å². The van der Waals surface area contributed by atoms with Gasteiger partial charge in [0.15, 0.2) is 18.1 Å². The van der Waals surface area contributed by atoms with Crippen molar-refractivity contribution in [2.45, 2.75) is 26.8 Å². The fraction of sp³-hybridized carbons (Fsp3) is 0.353. The highest BCUT2D eigenvalue weighted by Crippen LogP contribution is 2.29. The summed E-state index contributed by atoms with van der Waals surface area (Å²) < 4.78 is 10.6. The molecule has 0 spiro atoms. The van der Waals surface area contributed by atoms with Gasteiger partial charge in [-0.1, -0.05) is 0 Å². The maximum atomic E-state index is 12.4. The highest BCUT2D eigenvalue weighted by Gasteiger charge is 2.16. The van der Waals surface area contributed by atoms with E-state index in [1.165, 1.54) is 23.5 Å². The molecule has 2 aromatic rings. The van der Waals surface area contributed by atoms with Gasteiger partial charge in [-0.15, -0.1) is 11.3 Å².